The molecule has 4 heteroatoms. The maximum atomic E-state index is 5.71. The summed E-state index contributed by atoms with van der Waals surface area (Å²) in [6.45, 7) is 2.95. The molecule has 0 aliphatic heterocycles. The van der Waals surface area contributed by atoms with E-state index in [4.69, 9.17) is 10.7 Å². The van der Waals surface area contributed by atoms with Gasteiger partial charge >= 0.3 is 0 Å². The highest BCUT2D eigenvalue weighted by molar-refractivity contribution is 7.21. The predicted octanol–water partition coefficient (Wildman–Crippen LogP) is 5.29. The maximum Gasteiger partial charge on any atom is 0.141 e. The Hall–Kier alpha value is -2.17. The molecular formula is C21H23N3S. The van der Waals surface area contributed by atoms with Crippen molar-refractivity contribution in [3.63, 3.8) is 0 Å². The van der Waals surface area contributed by atoms with Crippen molar-refractivity contribution in [3.05, 3.63) is 53.6 Å². The number of para-hydroxylation sites is 1. The second-order valence-corrected chi connectivity index (χ2v) is 7.48. The topological polar surface area (TPSA) is 54.7 Å². The number of nitrogens with zero attached hydrogens (tertiary/aromatic N) is 1. The molecule has 0 radical (unpaired) electrons. The Bertz CT molecular complexity index is 980. The molecule has 4 rings (SSSR count). The molecule has 128 valence electrons. The van der Waals surface area contributed by atoms with Crippen LogP contribution in [0.3, 0.4) is 0 Å². The Kier molecular flexibility index (Phi) is 4.55. The zero-order valence-electron chi connectivity index (χ0n) is 14.5. The number of hydrogen-bond acceptors (Lipinski definition) is 3. The van der Waals surface area contributed by atoms with Crippen LogP contribution < -0.4 is 5.73 Å². The van der Waals surface area contributed by atoms with Crippen LogP contribution in [0.4, 0.5) is 0 Å². The lowest BCUT2D eigenvalue weighted by Crippen LogP contribution is -1.99. The van der Waals surface area contributed by atoms with Crippen molar-refractivity contribution in [3.8, 4) is 10.7 Å². The van der Waals surface area contributed by atoms with Crippen molar-refractivity contribution in [2.24, 2.45) is 5.73 Å². The number of thiazole rings is 1. The lowest BCUT2D eigenvalue weighted by molar-refractivity contribution is 0.748. The number of fused-ring (bicyclic) bond motifs is 2. The summed E-state index contributed by atoms with van der Waals surface area (Å²) in [4.78, 5) is 8.51. The molecule has 0 atom stereocenters. The first-order valence-electron chi connectivity index (χ1n) is 8.99. The number of aromatic nitrogens is 2. The molecule has 4 aromatic rings. The van der Waals surface area contributed by atoms with E-state index in [1.807, 2.05) is 6.07 Å². The van der Waals surface area contributed by atoms with Gasteiger partial charge < -0.3 is 10.7 Å². The van der Waals surface area contributed by atoms with Gasteiger partial charge in [-0.3, -0.25) is 0 Å². The van der Waals surface area contributed by atoms with Crippen LogP contribution in [-0.2, 0) is 12.8 Å². The van der Waals surface area contributed by atoms with Crippen molar-refractivity contribution in [2.75, 3.05) is 6.54 Å². The molecule has 0 aliphatic carbocycles. The normalized spacial score (nSPS) is 11.6. The minimum absolute atomic E-state index is 0.749. The van der Waals surface area contributed by atoms with E-state index in [0.717, 1.165) is 42.8 Å². The lowest BCUT2D eigenvalue weighted by atomic mass is 10.0. The number of nitrogens with two attached hydrogens (primary N) is 1. The number of rotatable bonds is 6. The van der Waals surface area contributed by atoms with Crippen molar-refractivity contribution >= 4 is 32.5 Å². The van der Waals surface area contributed by atoms with Crippen LogP contribution in [0, 0.1) is 0 Å². The van der Waals surface area contributed by atoms with Gasteiger partial charge in [-0.1, -0.05) is 25.1 Å². The molecule has 0 saturated carbocycles. The zero-order valence-corrected chi connectivity index (χ0v) is 15.3. The van der Waals surface area contributed by atoms with Crippen LogP contribution in [0.5, 0.6) is 0 Å². The highest BCUT2D eigenvalue weighted by Gasteiger charge is 2.16. The van der Waals surface area contributed by atoms with E-state index in [9.17, 15) is 0 Å². The fourth-order valence-corrected chi connectivity index (χ4v) is 4.38. The smallest absolute Gasteiger partial charge is 0.141 e. The summed E-state index contributed by atoms with van der Waals surface area (Å²) in [5.74, 6) is 0. The van der Waals surface area contributed by atoms with E-state index in [2.05, 4.69) is 48.3 Å². The molecule has 25 heavy (non-hydrogen) atoms. The molecular weight excluding hydrogens is 326 g/mol. The molecule has 0 aliphatic rings. The van der Waals surface area contributed by atoms with E-state index >= 15 is 0 Å². The largest absolute Gasteiger partial charge is 0.352 e. The van der Waals surface area contributed by atoms with Crippen LogP contribution >= 0.6 is 11.3 Å². The van der Waals surface area contributed by atoms with Crippen molar-refractivity contribution < 1.29 is 0 Å². The van der Waals surface area contributed by atoms with Gasteiger partial charge in [0.1, 0.15) is 5.01 Å². The average Bonchev–Trinajstić information content (AvgIpc) is 3.22. The predicted molar refractivity (Wildman–Crippen MR) is 108 cm³/mol. The molecule has 0 bridgehead atoms. The van der Waals surface area contributed by atoms with Gasteiger partial charge in [-0.2, -0.15) is 0 Å². The van der Waals surface area contributed by atoms with Crippen LogP contribution in [0.2, 0.25) is 0 Å². The third-order valence-electron chi connectivity index (χ3n) is 4.77. The van der Waals surface area contributed by atoms with Crippen LogP contribution in [0.15, 0.2) is 42.5 Å². The first-order valence-corrected chi connectivity index (χ1v) is 9.81. The maximum absolute atomic E-state index is 5.71. The number of aromatic amines is 1. The highest BCUT2D eigenvalue weighted by Crippen LogP contribution is 2.36. The van der Waals surface area contributed by atoms with E-state index < -0.39 is 0 Å². The Morgan fingerprint density at radius 1 is 1.12 bits per heavy atom. The van der Waals surface area contributed by atoms with Gasteiger partial charge in [0, 0.05) is 10.9 Å². The summed E-state index contributed by atoms with van der Waals surface area (Å²) >= 11 is 1.76. The summed E-state index contributed by atoms with van der Waals surface area (Å²) in [7, 11) is 0. The van der Waals surface area contributed by atoms with Crippen molar-refractivity contribution in [2.45, 2.75) is 32.6 Å². The van der Waals surface area contributed by atoms with E-state index in [1.54, 1.807) is 11.3 Å². The third-order valence-corrected chi connectivity index (χ3v) is 5.82. The van der Waals surface area contributed by atoms with E-state index in [1.165, 1.54) is 32.4 Å². The van der Waals surface area contributed by atoms with Gasteiger partial charge in [-0.25, -0.2) is 4.98 Å². The monoisotopic (exact) mass is 349 g/mol. The quantitative estimate of drug-likeness (QED) is 0.465. The number of H-pyrrole nitrogens is 1. The van der Waals surface area contributed by atoms with Gasteiger partial charge in [0.25, 0.3) is 0 Å². The molecule has 2 heterocycles. The summed E-state index contributed by atoms with van der Waals surface area (Å²) in [5.41, 5.74) is 11.9. The van der Waals surface area contributed by atoms with E-state index in [-0.39, 0.29) is 0 Å². The molecule has 0 fully saturated rings. The van der Waals surface area contributed by atoms with E-state index in [0.29, 0.717) is 0 Å². The van der Waals surface area contributed by atoms with Crippen LogP contribution in [0.25, 0.3) is 31.8 Å². The van der Waals surface area contributed by atoms with Gasteiger partial charge in [-0.05, 0) is 67.6 Å². The average molecular weight is 350 g/mol. The fourth-order valence-electron chi connectivity index (χ4n) is 3.38. The Morgan fingerprint density at radius 3 is 2.80 bits per heavy atom. The molecule has 0 unspecified atom stereocenters. The molecule has 3 N–H and O–H groups in total. The van der Waals surface area contributed by atoms with Crippen molar-refractivity contribution in [1.82, 2.24) is 9.97 Å². The molecule has 3 nitrogen and oxygen atoms in total. The number of aryl methyl sites for hydroxylation is 2. The number of unbranched alkanes of at least 4 members (excludes halogenated alkanes) is 1. The second-order valence-electron chi connectivity index (χ2n) is 6.44. The molecule has 0 saturated heterocycles. The molecule has 0 amide bonds. The van der Waals surface area contributed by atoms with Gasteiger partial charge in [-0.15, -0.1) is 11.3 Å². The first kappa shape index (κ1) is 16.3. The summed E-state index contributed by atoms with van der Waals surface area (Å²) in [6.07, 6.45) is 4.26. The summed E-state index contributed by atoms with van der Waals surface area (Å²) < 4.78 is 1.23. The first-order chi connectivity index (χ1) is 12.3. The van der Waals surface area contributed by atoms with Crippen LogP contribution in [-0.4, -0.2) is 16.5 Å². The second kappa shape index (κ2) is 6.98. The number of hydrogen-bond donors (Lipinski definition) is 2. The standard InChI is InChI=1S/C21H23N3S/c1-2-14-10-11-17-16(13-14)15(7-5-6-12-22)20(23-17)21-24-18-8-3-4-9-19(18)25-21/h3-4,8-11,13,23H,2,5-7,12,22H2,1H3. The Balaban J connectivity index is 1.87. The number of nitrogens with one attached hydrogen (secondary N) is 1. The fraction of sp³-hybridized carbons (Fsp3) is 0.286. The molecule has 2 aromatic heterocycles. The minimum Gasteiger partial charge on any atom is -0.352 e. The molecule has 2 aromatic carbocycles. The Labute approximate surface area is 151 Å². The third kappa shape index (κ3) is 3.08. The van der Waals surface area contributed by atoms with Gasteiger partial charge in [0.2, 0.25) is 0 Å². The van der Waals surface area contributed by atoms with Crippen LogP contribution in [0.1, 0.15) is 30.9 Å². The summed E-state index contributed by atoms with van der Waals surface area (Å²) in [6, 6.07) is 15.1. The van der Waals surface area contributed by atoms with Crippen molar-refractivity contribution in [1.29, 1.82) is 0 Å². The minimum atomic E-state index is 0.749. The molecule has 0 spiro atoms. The van der Waals surface area contributed by atoms with Gasteiger partial charge in [0.15, 0.2) is 0 Å². The van der Waals surface area contributed by atoms with Gasteiger partial charge in [0.05, 0.1) is 15.9 Å². The Morgan fingerprint density at radius 2 is 2.00 bits per heavy atom. The zero-order chi connectivity index (χ0) is 17.2. The number of benzene rings is 2. The highest BCUT2D eigenvalue weighted by atomic mass is 32.1. The summed E-state index contributed by atoms with van der Waals surface area (Å²) in [5, 5.41) is 2.42. The lowest BCUT2D eigenvalue weighted by Gasteiger charge is -2.03. The SMILES string of the molecule is CCc1ccc2[nH]c(-c3nc4ccccc4s3)c(CCCCN)c2c1.